The number of benzene rings is 2. The summed E-state index contributed by atoms with van der Waals surface area (Å²) >= 11 is 0. The smallest absolute Gasteiger partial charge is 0.237 e. The molecule has 0 saturated heterocycles. The first-order chi connectivity index (χ1) is 9.17. The minimum Gasteiger partial charge on any atom is -0.237 e. The van der Waals surface area contributed by atoms with Crippen molar-refractivity contribution in [2.45, 2.75) is 13.8 Å². The quantitative estimate of drug-likeness (QED) is 0.674. The van der Waals surface area contributed by atoms with Gasteiger partial charge in [-0.15, -0.1) is 0 Å². The molecule has 19 heavy (non-hydrogen) atoms. The van der Waals surface area contributed by atoms with Crippen LogP contribution in [0.5, 0.6) is 23.0 Å². The fourth-order valence-corrected chi connectivity index (χ4v) is 4.11. The molecule has 0 saturated carbocycles. The molecule has 4 rings (SSSR count). The lowest BCUT2D eigenvalue weighted by molar-refractivity contribution is 0.332. The lowest BCUT2D eigenvalue weighted by Crippen LogP contribution is -2.10. The van der Waals surface area contributed by atoms with Gasteiger partial charge in [0, 0.05) is 11.1 Å². The van der Waals surface area contributed by atoms with E-state index >= 15 is 0 Å². The molecule has 96 valence electrons. The number of hydrogen-bond donors (Lipinski definition) is 0. The normalized spacial score (nSPS) is 16.9. The van der Waals surface area contributed by atoms with Crippen LogP contribution >= 0.6 is 8.17 Å². The molecule has 5 heteroatoms. The molecular formula is C14H12O4P+. The van der Waals surface area contributed by atoms with Crippen molar-refractivity contribution in [3.8, 4) is 23.0 Å². The highest BCUT2D eigenvalue weighted by Crippen LogP contribution is 2.73. The van der Waals surface area contributed by atoms with E-state index in [4.69, 9.17) is 18.1 Å². The van der Waals surface area contributed by atoms with Gasteiger partial charge in [-0.1, -0.05) is 24.3 Å². The predicted octanol–water partition coefficient (Wildman–Crippen LogP) is 4.22. The van der Waals surface area contributed by atoms with E-state index in [-0.39, 0.29) is 0 Å². The van der Waals surface area contributed by atoms with Gasteiger partial charge in [0.15, 0.2) is 0 Å². The molecule has 0 amide bonds. The van der Waals surface area contributed by atoms with Crippen LogP contribution in [0.15, 0.2) is 36.4 Å². The standard InChI is InChI=1S/C14H12O4P/c1-9-5-3-7-11-13(9)17-19(15-11)16-12-8-4-6-10(2)14(12)18-19/h3-8H,1-2H3/q+1. The highest BCUT2D eigenvalue weighted by molar-refractivity contribution is 7.58. The third-order valence-corrected chi connectivity index (χ3v) is 4.83. The van der Waals surface area contributed by atoms with Crippen LogP contribution in [-0.2, 0) is 0 Å². The van der Waals surface area contributed by atoms with Crippen molar-refractivity contribution >= 4 is 8.17 Å². The van der Waals surface area contributed by atoms with Gasteiger partial charge in [0.2, 0.25) is 23.0 Å². The summed E-state index contributed by atoms with van der Waals surface area (Å²) in [5.41, 5.74) is 2.02. The van der Waals surface area contributed by atoms with Crippen LogP contribution in [0.4, 0.5) is 0 Å². The maximum absolute atomic E-state index is 5.87. The first kappa shape index (κ1) is 10.9. The second-order valence-electron chi connectivity index (χ2n) is 4.62. The minimum atomic E-state index is -2.82. The highest BCUT2D eigenvalue weighted by atomic mass is 31.2. The average Bonchev–Trinajstić information content (AvgIpc) is 2.92. The first-order valence-electron chi connectivity index (χ1n) is 6.03. The molecule has 4 nitrogen and oxygen atoms in total. The summed E-state index contributed by atoms with van der Waals surface area (Å²) in [7, 11) is -2.82. The van der Waals surface area contributed by atoms with Crippen molar-refractivity contribution in [1.82, 2.24) is 0 Å². The van der Waals surface area contributed by atoms with E-state index in [1.54, 1.807) is 0 Å². The summed E-state index contributed by atoms with van der Waals surface area (Å²) in [4.78, 5) is 0. The predicted molar refractivity (Wildman–Crippen MR) is 71.8 cm³/mol. The average molecular weight is 275 g/mol. The SMILES string of the molecule is Cc1cccc2c1O[P+]1(O2)Oc2cccc(C)c2O1. The van der Waals surface area contributed by atoms with Crippen molar-refractivity contribution in [2.75, 3.05) is 0 Å². The Kier molecular flexibility index (Phi) is 2.04. The fourth-order valence-electron chi connectivity index (χ4n) is 2.21. The van der Waals surface area contributed by atoms with Gasteiger partial charge in [-0.25, -0.2) is 18.1 Å². The Bertz CT molecular complexity index is 624. The molecule has 0 aliphatic carbocycles. The van der Waals surface area contributed by atoms with Gasteiger partial charge in [0.1, 0.15) is 0 Å². The molecule has 1 spiro atoms. The zero-order valence-corrected chi connectivity index (χ0v) is 11.4. The minimum absolute atomic E-state index is 0.679. The topological polar surface area (TPSA) is 36.9 Å². The zero-order valence-electron chi connectivity index (χ0n) is 10.5. The molecule has 2 aliphatic heterocycles. The molecule has 0 bridgehead atoms. The van der Waals surface area contributed by atoms with Crippen LogP contribution in [0.1, 0.15) is 11.1 Å². The zero-order chi connectivity index (χ0) is 13.0. The van der Waals surface area contributed by atoms with Crippen molar-refractivity contribution in [3.63, 3.8) is 0 Å². The Morgan fingerprint density at radius 1 is 0.684 bits per heavy atom. The summed E-state index contributed by atoms with van der Waals surface area (Å²) < 4.78 is 23.4. The summed E-state index contributed by atoms with van der Waals surface area (Å²) in [6, 6.07) is 11.5. The van der Waals surface area contributed by atoms with Gasteiger partial charge in [-0.2, -0.15) is 0 Å². The van der Waals surface area contributed by atoms with Gasteiger partial charge >= 0.3 is 8.17 Å². The van der Waals surface area contributed by atoms with Crippen molar-refractivity contribution in [2.24, 2.45) is 0 Å². The van der Waals surface area contributed by atoms with Crippen LogP contribution in [-0.4, -0.2) is 0 Å². The summed E-state index contributed by atoms with van der Waals surface area (Å²) in [5.74, 6) is 2.78. The third-order valence-electron chi connectivity index (χ3n) is 3.18. The number of aryl methyl sites for hydroxylation is 2. The maximum atomic E-state index is 5.87. The third kappa shape index (κ3) is 1.50. The number of para-hydroxylation sites is 2. The lowest BCUT2D eigenvalue weighted by Gasteiger charge is -2.04. The summed E-state index contributed by atoms with van der Waals surface area (Å²) in [6.45, 7) is 3.94. The van der Waals surface area contributed by atoms with Crippen LogP contribution in [0.2, 0.25) is 0 Å². The van der Waals surface area contributed by atoms with Crippen LogP contribution in [0, 0.1) is 13.8 Å². The van der Waals surface area contributed by atoms with E-state index in [9.17, 15) is 0 Å². The highest BCUT2D eigenvalue weighted by Gasteiger charge is 2.66. The second-order valence-corrected chi connectivity index (χ2v) is 6.24. The van der Waals surface area contributed by atoms with E-state index in [0.717, 1.165) is 11.1 Å². The summed E-state index contributed by atoms with van der Waals surface area (Å²) in [6.07, 6.45) is 0. The van der Waals surface area contributed by atoms with Gasteiger partial charge in [0.05, 0.1) is 0 Å². The van der Waals surface area contributed by atoms with Gasteiger partial charge < -0.3 is 0 Å². The van der Waals surface area contributed by atoms with Crippen molar-refractivity contribution in [1.29, 1.82) is 0 Å². The molecule has 2 aromatic carbocycles. The van der Waals surface area contributed by atoms with E-state index in [1.807, 2.05) is 50.2 Å². The fraction of sp³-hybridized carbons (Fsp3) is 0.143. The second kappa shape index (κ2) is 3.55. The Labute approximate surface area is 111 Å². The molecule has 0 aromatic heterocycles. The van der Waals surface area contributed by atoms with Crippen molar-refractivity contribution in [3.05, 3.63) is 47.5 Å². The maximum Gasteiger partial charge on any atom is 0.767 e. The first-order valence-corrected chi connectivity index (χ1v) is 7.50. The largest absolute Gasteiger partial charge is 0.767 e. The Morgan fingerprint density at radius 3 is 1.58 bits per heavy atom. The van der Waals surface area contributed by atoms with Crippen LogP contribution in [0.3, 0.4) is 0 Å². The summed E-state index contributed by atoms with van der Waals surface area (Å²) in [5, 5.41) is 0. The number of hydrogen-bond acceptors (Lipinski definition) is 4. The Hall–Kier alpha value is -1.93. The number of rotatable bonds is 0. The molecule has 2 aliphatic rings. The molecule has 2 aromatic rings. The Balaban J connectivity index is 1.75. The molecule has 0 fully saturated rings. The van der Waals surface area contributed by atoms with Crippen LogP contribution in [0.25, 0.3) is 0 Å². The lowest BCUT2D eigenvalue weighted by atomic mass is 10.2. The molecule has 0 atom stereocenters. The van der Waals surface area contributed by atoms with E-state index in [0.29, 0.717) is 23.0 Å². The Morgan fingerprint density at radius 2 is 1.16 bits per heavy atom. The van der Waals surface area contributed by atoms with Crippen molar-refractivity contribution < 1.29 is 18.1 Å². The molecule has 0 N–H and O–H groups in total. The van der Waals surface area contributed by atoms with E-state index < -0.39 is 8.17 Å². The van der Waals surface area contributed by atoms with E-state index in [2.05, 4.69) is 0 Å². The van der Waals surface area contributed by atoms with E-state index in [1.165, 1.54) is 0 Å². The molecular weight excluding hydrogens is 263 g/mol. The van der Waals surface area contributed by atoms with Gasteiger partial charge in [0.25, 0.3) is 0 Å². The molecule has 0 radical (unpaired) electrons. The molecule has 2 heterocycles. The monoisotopic (exact) mass is 275 g/mol. The van der Waals surface area contributed by atoms with Gasteiger partial charge in [-0.05, 0) is 26.0 Å². The van der Waals surface area contributed by atoms with Crippen LogP contribution < -0.4 is 18.1 Å². The molecule has 0 unspecified atom stereocenters. The number of fused-ring (bicyclic) bond motifs is 2. The van der Waals surface area contributed by atoms with Gasteiger partial charge in [-0.3, -0.25) is 0 Å².